The van der Waals surface area contributed by atoms with Gasteiger partial charge in [0.15, 0.2) is 0 Å². The van der Waals surface area contributed by atoms with Crippen LogP contribution >= 0.6 is 22.6 Å². The number of aryl methyl sites for hydroxylation is 1. The molecule has 0 aromatic heterocycles. The van der Waals surface area contributed by atoms with Gasteiger partial charge < -0.3 is 9.64 Å². The average molecular weight is 417 g/mol. The van der Waals surface area contributed by atoms with Crippen LogP contribution in [0.4, 0.5) is 4.39 Å². The van der Waals surface area contributed by atoms with E-state index in [4.69, 9.17) is 4.74 Å². The van der Waals surface area contributed by atoms with Crippen molar-refractivity contribution < 1.29 is 13.9 Å². The SMILES string of the molecule is Cc1ccc(C(=O)N2CCC3(CC2)COC(CI)C3)cc1F. The van der Waals surface area contributed by atoms with Gasteiger partial charge in [-0.3, -0.25) is 4.79 Å². The van der Waals surface area contributed by atoms with Crippen molar-refractivity contribution in [1.29, 1.82) is 0 Å². The molecule has 1 aromatic rings. The van der Waals surface area contributed by atoms with E-state index < -0.39 is 0 Å². The standard InChI is InChI=1S/C17H21FINO2/c1-12-2-3-13(8-15(12)18)16(21)20-6-4-17(5-7-20)9-14(10-19)22-11-17/h2-3,8,14H,4-7,9-11H2,1H3. The van der Waals surface area contributed by atoms with Crippen molar-refractivity contribution >= 4 is 28.5 Å². The molecule has 2 heterocycles. The van der Waals surface area contributed by atoms with Gasteiger partial charge in [-0.2, -0.15) is 0 Å². The van der Waals surface area contributed by atoms with Gasteiger partial charge in [0.1, 0.15) is 5.82 Å². The van der Waals surface area contributed by atoms with Crippen LogP contribution < -0.4 is 0 Å². The maximum absolute atomic E-state index is 13.6. The summed E-state index contributed by atoms with van der Waals surface area (Å²) in [6.07, 6.45) is 3.45. The Bertz CT molecular complexity index is 570. The van der Waals surface area contributed by atoms with E-state index in [1.54, 1.807) is 19.1 Å². The number of carbonyl (C=O) groups excluding carboxylic acids is 1. The van der Waals surface area contributed by atoms with Crippen LogP contribution in [0.25, 0.3) is 0 Å². The number of amides is 1. The molecule has 0 radical (unpaired) electrons. The molecule has 2 fully saturated rings. The van der Waals surface area contributed by atoms with E-state index in [0.29, 0.717) is 17.2 Å². The first-order valence-corrected chi connectivity index (χ1v) is 9.29. The van der Waals surface area contributed by atoms with Gasteiger partial charge in [0, 0.05) is 23.1 Å². The number of carbonyl (C=O) groups is 1. The lowest BCUT2D eigenvalue weighted by molar-refractivity contribution is 0.0510. The van der Waals surface area contributed by atoms with Crippen LogP contribution in [0.15, 0.2) is 18.2 Å². The molecular weight excluding hydrogens is 396 g/mol. The van der Waals surface area contributed by atoms with Gasteiger partial charge in [0.25, 0.3) is 5.91 Å². The second kappa shape index (κ2) is 6.43. The van der Waals surface area contributed by atoms with Crippen LogP contribution in [0.3, 0.4) is 0 Å². The normalized spacial score (nSPS) is 24.0. The lowest BCUT2D eigenvalue weighted by Crippen LogP contribution is -2.43. The molecule has 3 nitrogen and oxygen atoms in total. The summed E-state index contributed by atoms with van der Waals surface area (Å²) in [5, 5.41) is 0. The molecule has 5 heteroatoms. The number of hydrogen-bond donors (Lipinski definition) is 0. The Labute approximate surface area is 144 Å². The van der Waals surface area contributed by atoms with Gasteiger partial charge in [-0.1, -0.05) is 28.7 Å². The zero-order chi connectivity index (χ0) is 15.7. The third-order valence-electron chi connectivity index (χ3n) is 4.99. The first kappa shape index (κ1) is 16.2. The van der Waals surface area contributed by atoms with E-state index in [1.807, 2.05) is 4.90 Å². The van der Waals surface area contributed by atoms with E-state index >= 15 is 0 Å². The molecule has 3 rings (SSSR count). The molecule has 1 unspecified atom stereocenters. The van der Waals surface area contributed by atoms with Crippen molar-refractivity contribution in [2.24, 2.45) is 5.41 Å². The largest absolute Gasteiger partial charge is 0.377 e. The molecule has 0 aliphatic carbocycles. The fourth-order valence-electron chi connectivity index (χ4n) is 3.44. The third kappa shape index (κ3) is 3.15. The van der Waals surface area contributed by atoms with Crippen LogP contribution in [0.5, 0.6) is 0 Å². The number of likely N-dealkylation sites (tertiary alicyclic amines) is 1. The quantitative estimate of drug-likeness (QED) is 0.544. The Morgan fingerprint density at radius 1 is 1.45 bits per heavy atom. The highest BCUT2D eigenvalue weighted by Gasteiger charge is 2.42. The van der Waals surface area contributed by atoms with Crippen molar-refractivity contribution in [2.75, 3.05) is 24.1 Å². The molecule has 0 bridgehead atoms. The molecular formula is C17H21FINO2. The average Bonchev–Trinajstić information content (AvgIpc) is 2.93. The van der Waals surface area contributed by atoms with E-state index in [9.17, 15) is 9.18 Å². The van der Waals surface area contributed by atoms with Crippen LogP contribution in [0.1, 0.15) is 35.2 Å². The molecule has 2 saturated heterocycles. The maximum atomic E-state index is 13.6. The van der Waals surface area contributed by atoms with Crippen molar-refractivity contribution in [3.63, 3.8) is 0 Å². The van der Waals surface area contributed by atoms with E-state index in [-0.39, 0.29) is 17.1 Å². The zero-order valence-corrected chi connectivity index (χ0v) is 14.9. The van der Waals surface area contributed by atoms with Crippen LogP contribution in [-0.4, -0.2) is 41.0 Å². The molecule has 22 heavy (non-hydrogen) atoms. The predicted octanol–water partition coefficient (Wildman–Crippen LogP) is 3.58. The first-order valence-electron chi connectivity index (χ1n) is 7.76. The highest BCUT2D eigenvalue weighted by molar-refractivity contribution is 14.1. The summed E-state index contributed by atoms with van der Waals surface area (Å²) < 4.78 is 20.5. The summed E-state index contributed by atoms with van der Waals surface area (Å²) in [7, 11) is 0. The van der Waals surface area contributed by atoms with Gasteiger partial charge in [-0.15, -0.1) is 0 Å². The second-order valence-electron chi connectivity index (χ2n) is 6.55. The summed E-state index contributed by atoms with van der Waals surface area (Å²) in [5.41, 5.74) is 1.28. The minimum Gasteiger partial charge on any atom is -0.377 e. The van der Waals surface area contributed by atoms with Gasteiger partial charge >= 0.3 is 0 Å². The predicted molar refractivity (Wildman–Crippen MR) is 92.0 cm³/mol. The number of alkyl halides is 1. The van der Waals surface area contributed by atoms with Crippen molar-refractivity contribution in [3.05, 3.63) is 35.1 Å². The molecule has 1 spiro atoms. The van der Waals surface area contributed by atoms with Crippen molar-refractivity contribution in [3.8, 4) is 0 Å². The molecule has 2 aliphatic rings. The summed E-state index contributed by atoms with van der Waals surface area (Å²) in [5.74, 6) is -0.369. The molecule has 1 aromatic carbocycles. The van der Waals surface area contributed by atoms with E-state index in [0.717, 1.165) is 43.4 Å². The molecule has 0 saturated carbocycles. The fourth-order valence-corrected chi connectivity index (χ4v) is 4.00. The summed E-state index contributed by atoms with van der Waals surface area (Å²) >= 11 is 2.37. The van der Waals surface area contributed by atoms with Gasteiger partial charge in [0.05, 0.1) is 12.7 Å². The molecule has 0 N–H and O–H groups in total. The van der Waals surface area contributed by atoms with Crippen molar-refractivity contribution in [2.45, 2.75) is 32.3 Å². The van der Waals surface area contributed by atoms with Crippen LogP contribution in [0.2, 0.25) is 0 Å². The third-order valence-corrected chi connectivity index (χ3v) is 5.97. The topological polar surface area (TPSA) is 29.5 Å². The van der Waals surface area contributed by atoms with Gasteiger partial charge in [0.2, 0.25) is 0 Å². The molecule has 120 valence electrons. The number of halogens is 2. The Kier molecular flexibility index (Phi) is 4.73. The number of ether oxygens (including phenoxy) is 1. The molecule has 2 aliphatic heterocycles. The van der Waals surface area contributed by atoms with Crippen LogP contribution in [0, 0.1) is 18.2 Å². The maximum Gasteiger partial charge on any atom is 0.253 e. The summed E-state index contributed by atoms with van der Waals surface area (Å²) in [4.78, 5) is 14.4. The zero-order valence-electron chi connectivity index (χ0n) is 12.8. The van der Waals surface area contributed by atoms with Crippen molar-refractivity contribution in [1.82, 2.24) is 4.90 Å². The summed E-state index contributed by atoms with van der Waals surface area (Å²) in [6.45, 7) is 4.01. The first-order chi connectivity index (χ1) is 10.5. The highest BCUT2D eigenvalue weighted by Crippen LogP contribution is 2.42. The van der Waals surface area contributed by atoms with Gasteiger partial charge in [-0.25, -0.2) is 4.39 Å². The van der Waals surface area contributed by atoms with Crippen LogP contribution in [-0.2, 0) is 4.74 Å². The Balaban J connectivity index is 1.63. The lowest BCUT2D eigenvalue weighted by atomic mass is 9.77. The smallest absolute Gasteiger partial charge is 0.253 e. The Hall–Kier alpha value is -0.690. The monoisotopic (exact) mass is 417 g/mol. The highest BCUT2D eigenvalue weighted by atomic mass is 127. The number of rotatable bonds is 2. The van der Waals surface area contributed by atoms with E-state index in [1.165, 1.54) is 6.07 Å². The number of benzene rings is 1. The minimum atomic E-state index is -0.312. The minimum absolute atomic E-state index is 0.0573. The fraction of sp³-hybridized carbons (Fsp3) is 0.588. The Morgan fingerprint density at radius 3 is 2.77 bits per heavy atom. The second-order valence-corrected chi connectivity index (χ2v) is 7.43. The lowest BCUT2D eigenvalue weighted by Gasteiger charge is -2.38. The number of nitrogens with zero attached hydrogens (tertiary/aromatic N) is 1. The molecule has 1 amide bonds. The number of hydrogen-bond acceptors (Lipinski definition) is 2. The Morgan fingerprint density at radius 2 is 2.18 bits per heavy atom. The van der Waals surface area contributed by atoms with Gasteiger partial charge in [-0.05, 0) is 49.3 Å². The number of piperidine rings is 1. The summed E-state index contributed by atoms with van der Waals surface area (Å²) in [6, 6.07) is 4.74. The molecule has 1 atom stereocenters. The van der Waals surface area contributed by atoms with E-state index in [2.05, 4.69) is 22.6 Å².